The number of hydrogen-bond donors (Lipinski definition) is 2. The molecule has 1 aromatic carbocycles. The lowest BCUT2D eigenvalue weighted by Crippen LogP contribution is -2.44. The summed E-state index contributed by atoms with van der Waals surface area (Å²) in [4.78, 5) is 34.3. The molecule has 0 spiro atoms. The molecular formula is C15H18N2O4. The lowest BCUT2D eigenvalue weighted by Gasteiger charge is -2.08. The molecule has 0 aromatic heterocycles. The van der Waals surface area contributed by atoms with Crippen LogP contribution in [0, 0.1) is 5.92 Å². The second kappa shape index (κ2) is 6.88. The lowest BCUT2D eigenvalue weighted by atomic mass is 10.1. The second-order valence-electron chi connectivity index (χ2n) is 4.90. The monoisotopic (exact) mass is 290 g/mol. The van der Waals surface area contributed by atoms with Crippen molar-refractivity contribution < 1.29 is 19.1 Å². The highest BCUT2D eigenvalue weighted by Gasteiger charge is 2.29. The third kappa shape index (κ3) is 4.59. The predicted octanol–water partition coefficient (Wildman–Crippen LogP) is 1.22. The Kier molecular flexibility index (Phi) is 4.92. The number of benzene rings is 1. The highest BCUT2D eigenvalue weighted by atomic mass is 16.5. The zero-order valence-electron chi connectivity index (χ0n) is 11.8. The Morgan fingerprint density at radius 2 is 1.81 bits per heavy atom. The van der Waals surface area contributed by atoms with Crippen LogP contribution in [0.15, 0.2) is 24.3 Å². The molecule has 6 heteroatoms. The Hall–Kier alpha value is -2.37. The number of hydrogen-bond acceptors (Lipinski definition) is 4. The van der Waals surface area contributed by atoms with E-state index >= 15 is 0 Å². The fourth-order valence-electron chi connectivity index (χ4n) is 1.71. The van der Waals surface area contributed by atoms with Gasteiger partial charge in [0.1, 0.15) is 5.75 Å². The number of carbonyl (C=O) groups excluding carboxylic acids is 3. The summed E-state index contributed by atoms with van der Waals surface area (Å²) in [6.45, 7) is 1.60. The van der Waals surface area contributed by atoms with Crippen LogP contribution in [0.2, 0.25) is 0 Å². The van der Waals surface area contributed by atoms with Gasteiger partial charge in [0.2, 0.25) is 5.91 Å². The van der Waals surface area contributed by atoms with Crippen molar-refractivity contribution in [1.29, 1.82) is 0 Å². The molecule has 1 saturated carbocycles. The van der Waals surface area contributed by atoms with Gasteiger partial charge < -0.3 is 4.74 Å². The molecule has 21 heavy (non-hydrogen) atoms. The number of nitrogens with one attached hydrogen (secondary N) is 2. The van der Waals surface area contributed by atoms with Crippen LogP contribution in [0.3, 0.4) is 0 Å². The van der Waals surface area contributed by atoms with Crippen molar-refractivity contribution in [1.82, 2.24) is 10.9 Å². The summed E-state index contributed by atoms with van der Waals surface area (Å²) in [7, 11) is 0. The summed E-state index contributed by atoms with van der Waals surface area (Å²) in [5.41, 5.74) is 5.26. The molecule has 0 unspecified atom stereocenters. The Labute approximate surface area is 122 Å². The average molecular weight is 290 g/mol. The molecule has 2 N–H and O–H groups in total. The number of hydrazine groups is 1. The van der Waals surface area contributed by atoms with Crippen LogP contribution >= 0.6 is 0 Å². The van der Waals surface area contributed by atoms with Gasteiger partial charge in [0.25, 0.3) is 5.91 Å². The van der Waals surface area contributed by atoms with E-state index < -0.39 is 5.91 Å². The Morgan fingerprint density at radius 1 is 1.14 bits per heavy atom. The molecule has 1 aliphatic carbocycles. The number of rotatable bonds is 6. The van der Waals surface area contributed by atoms with E-state index in [1.165, 1.54) is 0 Å². The minimum atomic E-state index is -0.433. The highest BCUT2D eigenvalue weighted by molar-refractivity contribution is 5.95. The van der Waals surface area contributed by atoms with Crippen LogP contribution in [-0.4, -0.2) is 24.2 Å². The molecule has 0 atom stereocenters. The fourth-order valence-corrected chi connectivity index (χ4v) is 1.71. The number of ether oxygens (including phenoxy) is 1. The van der Waals surface area contributed by atoms with Gasteiger partial charge >= 0.3 is 0 Å². The van der Waals surface area contributed by atoms with Crippen molar-refractivity contribution in [2.45, 2.75) is 26.2 Å². The SMILES string of the molecule is CCC(=O)c1ccc(OCC(=O)NNC(=O)C2CC2)cc1. The van der Waals surface area contributed by atoms with E-state index in [9.17, 15) is 14.4 Å². The van der Waals surface area contributed by atoms with Gasteiger partial charge in [0.15, 0.2) is 12.4 Å². The summed E-state index contributed by atoms with van der Waals surface area (Å²) >= 11 is 0. The molecule has 1 aliphatic rings. The van der Waals surface area contributed by atoms with E-state index in [-0.39, 0.29) is 24.2 Å². The Morgan fingerprint density at radius 3 is 2.38 bits per heavy atom. The maximum atomic E-state index is 11.5. The van der Waals surface area contributed by atoms with E-state index in [4.69, 9.17) is 4.74 Å². The van der Waals surface area contributed by atoms with Gasteiger partial charge in [0.05, 0.1) is 0 Å². The normalized spacial score (nSPS) is 13.4. The first-order chi connectivity index (χ1) is 10.1. The highest BCUT2D eigenvalue weighted by Crippen LogP contribution is 2.28. The van der Waals surface area contributed by atoms with Gasteiger partial charge in [-0.15, -0.1) is 0 Å². The topological polar surface area (TPSA) is 84.5 Å². The molecule has 2 rings (SSSR count). The molecule has 112 valence electrons. The van der Waals surface area contributed by atoms with Gasteiger partial charge in [-0.25, -0.2) is 0 Å². The lowest BCUT2D eigenvalue weighted by molar-refractivity contribution is -0.130. The standard InChI is InChI=1S/C15H18N2O4/c1-2-13(18)10-5-7-12(8-6-10)21-9-14(19)16-17-15(20)11-3-4-11/h5-8,11H,2-4,9H2,1H3,(H,16,19)(H,17,20). The first kappa shape index (κ1) is 15.0. The minimum Gasteiger partial charge on any atom is -0.484 e. The zero-order valence-corrected chi connectivity index (χ0v) is 11.8. The van der Waals surface area contributed by atoms with Crippen molar-refractivity contribution in [3.63, 3.8) is 0 Å². The van der Waals surface area contributed by atoms with E-state index in [2.05, 4.69) is 10.9 Å². The number of Topliss-reactive ketones (excluding diaryl/α,β-unsaturated/α-hetero) is 1. The summed E-state index contributed by atoms with van der Waals surface area (Å²) in [5.74, 6) is -0.00763. The summed E-state index contributed by atoms with van der Waals surface area (Å²) < 4.78 is 5.27. The largest absolute Gasteiger partial charge is 0.484 e. The number of carbonyl (C=O) groups is 3. The summed E-state index contributed by atoms with van der Waals surface area (Å²) in [6, 6.07) is 6.60. The molecule has 6 nitrogen and oxygen atoms in total. The first-order valence-corrected chi connectivity index (χ1v) is 6.95. The molecular weight excluding hydrogens is 272 g/mol. The van der Waals surface area contributed by atoms with Gasteiger partial charge in [-0.3, -0.25) is 25.2 Å². The smallest absolute Gasteiger partial charge is 0.276 e. The molecule has 0 bridgehead atoms. The molecule has 2 amide bonds. The molecule has 0 radical (unpaired) electrons. The molecule has 1 fully saturated rings. The maximum Gasteiger partial charge on any atom is 0.276 e. The number of ketones is 1. The minimum absolute atomic E-state index is 0.0369. The van der Waals surface area contributed by atoms with Crippen LogP contribution < -0.4 is 15.6 Å². The van der Waals surface area contributed by atoms with E-state index in [0.29, 0.717) is 17.7 Å². The molecule has 0 heterocycles. The fraction of sp³-hybridized carbons (Fsp3) is 0.400. The molecule has 1 aromatic rings. The van der Waals surface area contributed by atoms with E-state index in [0.717, 1.165) is 12.8 Å². The van der Waals surface area contributed by atoms with Crippen molar-refractivity contribution in [2.24, 2.45) is 5.92 Å². The van der Waals surface area contributed by atoms with Gasteiger partial charge in [0, 0.05) is 17.9 Å². The van der Waals surface area contributed by atoms with Crippen molar-refractivity contribution in [3.8, 4) is 5.75 Å². The Bertz CT molecular complexity index is 535. The van der Waals surface area contributed by atoms with Gasteiger partial charge in [-0.05, 0) is 37.1 Å². The van der Waals surface area contributed by atoms with Crippen LogP contribution in [0.25, 0.3) is 0 Å². The van der Waals surface area contributed by atoms with E-state index in [1.807, 2.05) is 0 Å². The van der Waals surface area contributed by atoms with Crippen molar-refractivity contribution in [2.75, 3.05) is 6.61 Å². The third-order valence-corrected chi connectivity index (χ3v) is 3.14. The van der Waals surface area contributed by atoms with Crippen molar-refractivity contribution in [3.05, 3.63) is 29.8 Å². The average Bonchev–Trinajstić information content (AvgIpc) is 3.35. The maximum absolute atomic E-state index is 11.5. The predicted molar refractivity (Wildman–Crippen MR) is 75.6 cm³/mol. The quantitative estimate of drug-likeness (QED) is 0.609. The summed E-state index contributed by atoms with van der Waals surface area (Å²) in [5, 5.41) is 0. The van der Waals surface area contributed by atoms with Crippen LogP contribution in [-0.2, 0) is 9.59 Å². The van der Waals surface area contributed by atoms with Crippen LogP contribution in [0.1, 0.15) is 36.5 Å². The van der Waals surface area contributed by atoms with Gasteiger partial charge in [-0.1, -0.05) is 6.92 Å². The van der Waals surface area contributed by atoms with Crippen LogP contribution in [0.4, 0.5) is 0 Å². The summed E-state index contributed by atoms with van der Waals surface area (Å²) in [6.07, 6.45) is 2.20. The first-order valence-electron chi connectivity index (χ1n) is 6.95. The van der Waals surface area contributed by atoms with E-state index in [1.54, 1.807) is 31.2 Å². The zero-order chi connectivity index (χ0) is 15.2. The molecule has 0 aliphatic heterocycles. The van der Waals surface area contributed by atoms with Gasteiger partial charge in [-0.2, -0.15) is 0 Å². The molecule has 0 saturated heterocycles. The van der Waals surface area contributed by atoms with Crippen LogP contribution in [0.5, 0.6) is 5.75 Å². The number of amides is 2. The Balaban J connectivity index is 1.72. The van der Waals surface area contributed by atoms with Crippen molar-refractivity contribution >= 4 is 17.6 Å². The third-order valence-electron chi connectivity index (χ3n) is 3.14. The second-order valence-corrected chi connectivity index (χ2v) is 4.90.